The van der Waals surface area contributed by atoms with Crippen molar-refractivity contribution in [2.45, 2.75) is 63.4 Å². The summed E-state index contributed by atoms with van der Waals surface area (Å²) in [7, 11) is 0. The lowest BCUT2D eigenvalue weighted by Gasteiger charge is -2.38. The fourth-order valence-corrected chi connectivity index (χ4v) is 5.02. The van der Waals surface area contributed by atoms with Gasteiger partial charge >= 0.3 is 6.55 Å². The molecule has 6 nitrogen and oxygen atoms in total. The van der Waals surface area contributed by atoms with Crippen LogP contribution in [0.1, 0.15) is 61.3 Å². The maximum atomic E-state index is 13.4. The third-order valence-electron chi connectivity index (χ3n) is 6.53. The number of carbonyl (C=O) groups is 1. The minimum Gasteiger partial charge on any atom is -0.390 e. The molecule has 1 aliphatic carbocycles. The number of carbonyl (C=O) groups excluding carboxylic acids is 1. The molecule has 0 radical (unpaired) electrons. The van der Waals surface area contributed by atoms with Crippen LogP contribution in [-0.4, -0.2) is 49.1 Å². The Labute approximate surface area is 167 Å². The molecule has 5 atom stereocenters. The molecule has 1 saturated heterocycles. The highest BCUT2D eigenvalue weighted by Crippen LogP contribution is 2.53. The van der Waals surface area contributed by atoms with E-state index in [4.69, 9.17) is 0 Å². The molecule has 1 aromatic carbocycles. The molecule has 0 spiro atoms. The van der Waals surface area contributed by atoms with Crippen LogP contribution in [0, 0.1) is 5.41 Å². The third kappa shape index (κ3) is 3.34. The molecule has 2 aliphatic rings. The molecular weight excluding hydrogens is 380 g/mol. The lowest BCUT2D eigenvalue weighted by Crippen LogP contribution is -2.49. The van der Waals surface area contributed by atoms with Crippen LogP contribution in [0.25, 0.3) is 0 Å². The number of amides is 1. The maximum absolute atomic E-state index is 13.4. The van der Waals surface area contributed by atoms with E-state index in [2.05, 4.69) is 5.10 Å². The van der Waals surface area contributed by atoms with Crippen LogP contribution in [0.3, 0.4) is 0 Å². The number of aliphatic hydroxyl groups excluding tert-OH is 2. The second-order valence-electron chi connectivity index (χ2n) is 8.27. The van der Waals surface area contributed by atoms with E-state index < -0.39 is 30.1 Å². The van der Waals surface area contributed by atoms with Gasteiger partial charge in [0, 0.05) is 17.7 Å². The zero-order valence-electron chi connectivity index (χ0n) is 16.2. The highest BCUT2D eigenvalue weighted by molar-refractivity contribution is 5.93. The molecule has 2 aromatic rings. The molecule has 0 unspecified atom stereocenters. The minimum atomic E-state index is -2.82. The van der Waals surface area contributed by atoms with E-state index in [-0.39, 0.29) is 17.8 Å². The lowest BCUT2D eigenvalue weighted by molar-refractivity contribution is -0.0613. The highest BCUT2D eigenvalue weighted by atomic mass is 19.3. The Morgan fingerprint density at radius 3 is 2.59 bits per heavy atom. The number of fused-ring (bicyclic) bond motifs is 1. The average molecular weight is 405 g/mol. The van der Waals surface area contributed by atoms with Crippen molar-refractivity contribution in [1.29, 1.82) is 0 Å². The molecule has 29 heavy (non-hydrogen) atoms. The maximum Gasteiger partial charge on any atom is 0.333 e. The van der Waals surface area contributed by atoms with E-state index >= 15 is 0 Å². The Hall–Kier alpha value is -2.32. The molecule has 156 valence electrons. The first-order valence-electron chi connectivity index (χ1n) is 9.90. The molecular formula is C21H25F2N3O3. The van der Waals surface area contributed by atoms with Crippen LogP contribution < -0.4 is 0 Å². The molecule has 1 saturated carbocycles. The second-order valence-corrected chi connectivity index (χ2v) is 8.27. The average Bonchev–Trinajstić information content (AvgIpc) is 3.29. The van der Waals surface area contributed by atoms with Crippen LogP contribution >= 0.6 is 0 Å². The molecule has 1 amide bonds. The predicted octanol–water partition coefficient (Wildman–Crippen LogP) is 3.15. The van der Waals surface area contributed by atoms with Crippen molar-refractivity contribution in [2.75, 3.05) is 0 Å². The van der Waals surface area contributed by atoms with Gasteiger partial charge in [-0.2, -0.15) is 13.9 Å². The number of nitrogens with zero attached hydrogens (tertiary/aromatic N) is 3. The van der Waals surface area contributed by atoms with Gasteiger partial charge < -0.3 is 15.1 Å². The van der Waals surface area contributed by atoms with Gasteiger partial charge in [-0.25, -0.2) is 4.68 Å². The summed E-state index contributed by atoms with van der Waals surface area (Å²) in [6.45, 7) is -0.919. The van der Waals surface area contributed by atoms with Crippen molar-refractivity contribution in [3.05, 3.63) is 53.9 Å². The number of alkyl halides is 2. The van der Waals surface area contributed by atoms with Crippen LogP contribution in [0.15, 0.2) is 42.6 Å². The number of aromatic nitrogens is 2. The van der Waals surface area contributed by atoms with Gasteiger partial charge in [-0.15, -0.1) is 0 Å². The summed E-state index contributed by atoms with van der Waals surface area (Å²) in [5.41, 5.74) is 0.150. The molecule has 2 heterocycles. The van der Waals surface area contributed by atoms with E-state index in [1.54, 1.807) is 4.90 Å². The van der Waals surface area contributed by atoms with Crippen molar-refractivity contribution in [3.63, 3.8) is 0 Å². The van der Waals surface area contributed by atoms with E-state index in [0.29, 0.717) is 30.4 Å². The van der Waals surface area contributed by atoms with E-state index in [9.17, 15) is 23.8 Å². The second kappa shape index (κ2) is 7.50. The molecule has 1 aromatic heterocycles. The van der Waals surface area contributed by atoms with Crippen molar-refractivity contribution >= 4 is 5.91 Å². The first-order chi connectivity index (χ1) is 13.8. The molecule has 2 fully saturated rings. The summed E-state index contributed by atoms with van der Waals surface area (Å²) in [6.07, 6.45) is 1.49. The SMILES string of the molecule is C[C@@]12C[C@H](c3ccccc3)N(C(=O)c3ccn(C(F)F)n3)[C@@H]1CCC[C@@H](O)[C@@H]2O. The van der Waals surface area contributed by atoms with Crippen molar-refractivity contribution in [2.24, 2.45) is 5.41 Å². The molecule has 2 N–H and O–H groups in total. The number of rotatable bonds is 3. The van der Waals surface area contributed by atoms with Gasteiger partial charge in [0.15, 0.2) is 5.69 Å². The van der Waals surface area contributed by atoms with Crippen molar-refractivity contribution in [3.8, 4) is 0 Å². The molecule has 8 heteroatoms. The first kappa shape index (κ1) is 20.0. The monoisotopic (exact) mass is 405 g/mol. The summed E-state index contributed by atoms with van der Waals surface area (Å²) < 4.78 is 26.4. The van der Waals surface area contributed by atoms with Crippen LogP contribution in [0.2, 0.25) is 0 Å². The summed E-state index contributed by atoms with van der Waals surface area (Å²) in [4.78, 5) is 15.1. The van der Waals surface area contributed by atoms with Gasteiger partial charge in [-0.1, -0.05) is 37.3 Å². The van der Waals surface area contributed by atoms with Gasteiger partial charge in [0.1, 0.15) is 0 Å². The topological polar surface area (TPSA) is 78.6 Å². The van der Waals surface area contributed by atoms with Gasteiger partial charge in [-0.3, -0.25) is 4.79 Å². The predicted molar refractivity (Wildman–Crippen MR) is 101 cm³/mol. The highest BCUT2D eigenvalue weighted by Gasteiger charge is 2.57. The van der Waals surface area contributed by atoms with Gasteiger partial charge in [0.05, 0.1) is 18.2 Å². The summed E-state index contributed by atoms with van der Waals surface area (Å²) in [6, 6.07) is 10.1. The van der Waals surface area contributed by atoms with Crippen molar-refractivity contribution < 1.29 is 23.8 Å². The Kier molecular flexibility index (Phi) is 5.16. The summed E-state index contributed by atoms with van der Waals surface area (Å²) in [5.74, 6) is -0.435. The Balaban J connectivity index is 1.77. The number of hydrogen-bond donors (Lipinski definition) is 2. The lowest BCUT2D eigenvalue weighted by atomic mass is 9.74. The normalized spacial score (nSPS) is 32.3. The number of likely N-dealkylation sites (tertiary alicyclic amines) is 1. The quantitative estimate of drug-likeness (QED) is 0.822. The Bertz CT molecular complexity index is 875. The van der Waals surface area contributed by atoms with Crippen molar-refractivity contribution in [1.82, 2.24) is 14.7 Å². The van der Waals surface area contributed by atoms with Crippen LogP contribution in [-0.2, 0) is 0 Å². The number of aliphatic hydroxyl groups is 2. The molecule has 1 aliphatic heterocycles. The van der Waals surface area contributed by atoms with Gasteiger partial charge in [-0.05, 0) is 37.3 Å². The fourth-order valence-electron chi connectivity index (χ4n) is 5.02. The minimum absolute atomic E-state index is 0.0465. The van der Waals surface area contributed by atoms with Gasteiger partial charge in [0.2, 0.25) is 0 Å². The third-order valence-corrected chi connectivity index (χ3v) is 6.53. The number of benzene rings is 1. The largest absolute Gasteiger partial charge is 0.390 e. The van der Waals surface area contributed by atoms with E-state index in [1.165, 1.54) is 6.07 Å². The van der Waals surface area contributed by atoms with Crippen LogP contribution in [0.5, 0.6) is 0 Å². The summed E-state index contributed by atoms with van der Waals surface area (Å²) in [5, 5.41) is 25.0. The first-order valence-corrected chi connectivity index (χ1v) is 9.90. The zero-order valence-corrected chi connectivity index (χ0v) is 16.2. The molecule has 0 bridgehead atoms. The smallest absolute Gasteiger partial charge is 0.333 e. The van der Waals surface area contributed by atoms with E-state index in [0.717, 1.165) is 11.8 Å². The van der Waals surface area contributed by atoms with Crippen LogP contribution in [0.4, 0.5) is 8.78 Å². The number of hydrogen-bond acceptors (Lipinski definition) is 4. The molecule has 4 rings (SSSR count). The summed E-state index contributed by atoms with van der Waals surface area (Å²) >= 11 is 0. The number of halogens is 2. The fraction of sp³-hybridized carbons (Fsp3) is 0.524. The Morgan fingerprint density at radius 2 is 1.93 bits per heavy atom. The Morgan fingerprint density at radius 1 is 1.21 bits per heavy atom. The van der Waals surface area contributed by atoms with Gasteiger partial charge in [0.25, 0.3) is 5.91 Å². The standard InChI is InChI=1S/C21H25F2N3O3/c1-21-12-15(13-6-3-2-4-7-13)26(17(21)9-5-8-16(27)18(21)28)19(29)14-10-11-25(24-14)20(22)23/h2-4,6-7,10-11,15-18,20,27-28H,5,8-9,12H2,1H3/t15-,16-,17-,18+,21-/m1/s1. The zero-order chi connectivity index (χ0) is 20.8. The van der Waals surface area contributed by atoms with E-state index in [1.807, 2.05) is 37.3 Å².